The van der Waals surface area contributed by atoms with E-state index in [1.165, 1.54) is 5.56 Å². The number of hydrogen-bond acceptors (Lipinski definition) is 2. The zero-order chi connectivity index (χ0) is 11.5. The predicted octanol–water partition coefficient (Wildman–Crippen LogP) is 2.50. The number of aryl methyl sites for hydroxylation is 1. The Bertz CT molecular complexity index is 446. The summed E-state index contributed by atoms with van der Waals surface area (Å²) in [5, 5.41) is 8.75. The van der Waals surface area contributed by atoms with E-state index < -0.39 is 5.97 Å². The van der Waals surface area contributed by atoms with Gasteiger partial charge in [-0.3, -0.25) is 4.79 Å². The topological polar surface area (TPSA) is 46.5 Å². The molecule has 0 aromatic heterocycles. The van der Waals surface area contributed by atoms with E-state index in [1.54, 1.807) is 7.11 Å². The number of carbonyl (C=O) groups is 1. The van der Waals surface area contributed by atoms with E-state index in [0.29, 0.717) is 0 Å². The Morgan fingerprint density at radius 3 is 2.94 bits per heavy atom. The lowest BCUT2D eigenvalue weighted by molar-refractivity contribution is -0.136. The van der Waals surface area contributed by atoms with Gasteiger partial charge < -0.3 is 9.84 Å². The van der Waals surface area contributed by atoms with Gasteiger partial charge in [-0.1, -0.05) is 17.7 Å². The molecule has 2 rings (SSSR count). The lowest BCUT2D eigenvalue weighted by atomic mass is 9.91. The first-order chi connectivity index (χ1) is 7.69. The van der Waals surface area contributed by atoms with Crippen LogP contribution in [0.2, 0.25) is 0 Å². The van der Waals surface area contributed by atoms with Gasteiger partial charge in [-0.25, -0.2) is 0 Å². The van der Waals surface area contributed by atoms with Crippen molar-refractivity contribution in [2.24, 2.45) is 0 Å². The van der Waals surface area contributed by atoms with E-state index in [1.807, 2.05) is 24.3 Å². The van der Waals surface area contributed by atoms with Crippen LogP contribution in [0.15, 0.2) is 23.8 Å². The highest BCUT2D eigenvalue weighted by molar-refractivity contribution is 5.74. The molecule has 0 heterocycles. The largest absolute Gasteiger partial charge is 0.497 e. The second kappa shape index (κ2) is 4.39. The summed E-state index contributed by atoms with van der Waals surface area (Å²) in [7, 11) is 1.63. The summed E-state index contributed by atoms with van der Waals surface area (Å²) in [4.78, 5) is 10.6. The van der Waals surface area contributed by atoms with Crippen molar-refractivity contribution in [1.82, 2.24) is 0 Å². The highest BCUT2D eigenvalue weighted by Crippen LogP contribution is 2.28. The first-order valence-electron chi connectivity index (χ1n) is 5.27. The molecule has 0 spiro atoms. The smallest absolute Gasteiger partial charge is 0.307 e. The minimum atomic E-state index is -0.766. The quantitative estimate of drug-likeness (QED) is 0.847. The zero-order valence-electron chi connectivity index (χ0n) is 9.19. The molecule has 3 heteroatoms. The first-order valence-corrected chi connectivity index (χ1v) is 5.27. The molecule has 0 fully saturated rings. The van der Waals surface area contributed by atoms with E-state index in [0.717, 1.165) is 29.7 Å². The number of fused-ring (bicyclic) bond motifs is 1. The Labute approximate surface area is 94.4 Å². The second-order valence-corrected chi connectivity index (χ2v) is 3.94. The SMILES string of the molecule is COc1ccc2c(c1)C=C(CC(=O)O)CC2. The number of benzene rings is 1. The van der Waals surface area contributed by atoms with Gasteiger partial charge in [0.05, 0.1) is 13.5 Å². The number of aliphatic carboxylic acids is 1. The molecule has 0 aliphatic heterocycles. The monoisotopic (exact) mass is 218 g/mol. The maximum Gasteiger partial charge on any atom is 0.307 e. The van der Waals surface area contributed by atoms with E-state index in [4.69, 9.17) is 9.84 Å². The molecule has 3 nitrogen and oxygen atoms in total. The number of hydrogen-bond donors (Lipinski definition) is 1. The maximum atomic E-state index is 10.6. The summed E-state index contributed by atoms with van der Waals surface area (Å²) in [6.45, 7) is 0. The fraction of sp³-hybridized carbons (Fsp3) is 0.308. The van der Waals surface area contributed by atoms with Gasteiger partial charge in [0.1, 0.15) is 5.75 Å². The van der Waals surface area contributed by atoms with Crippen LogP contribution in [0.4, 0.5) is 0 Å². The van der Waals surface area contributed by atoms with Gasteiger partial charge in [0, 0.05) is 0 Å². The number of methoxy groups -OCH3 is 1. The van der Waals surface area contributed by atoms with Crippen LogP contribution in [0, 0.1) is 0 Å². The second-order valence-electron chi connectivity index (χ2n) is 3.94. The minimum Gasteiger partial charge on any atom is -0.497 e. The van der Waals surface area contributed by atoms with E-state index in [-0.39, 0.29) is 6.42 Å². The summed E-state index contributed by atoms with van der Waals surface area (Å²) >= 11 is 0. The first kappa shape index (κ1) is 10.7. The van der Waals surface area contributed by atoms with Gasteiger partial charge in [-0.2, -0.15) is 0 Å². The Morgan fingerprint density at radius 2 is 2.25 bits per heavy atom. The predicted molar refractivity (Wildman–Crippen MR) is 61.5 cm³/mol. The molecule has 16 heavy (non-hydrogen) atoms. The lowest BCUT2D eigenvalue weighted by Gasteiger charge is -2.16. The summed E-state index contributed by atoms with van der Waals surface area (Å²) in [5.74, 6) is 0.0455. The van der Waals surface area contributed by atoms with E-state index in [2.05, 4.69) is 0 Å². The van der Waals surface area contributed by atoms with Gasteiger partial charge in [0.25, 0.3) is 0 Å². The van der Waals surface area contributed by atoms with Crippen molar-refractivity contribution in [3.05, 3.63) is 34.9 Å². The van der Waals surface area contributed by atoms with Crippen molar-refractivity contribution in [2.45, 2.75) is 19.3 Å². The fourth-order valence-electron chi connectivity index (χ4n) is 1.98. The summed E-state index contributed by atoms with van der Waals surface area (Å²) in [6, 6.07) is 5.94. The van der Waals surface area contributed by atoms with Gasteiger partial charge in [0.15, 0.2) is 0 Å². The standard InChI is InChI=1S/C13H14O3/c1-16-12-5-4-10-3-2-9(7-13(14)15)6-11(10)8-12/h4-6,8H,2-3,7H2,1H3,(H,14,15). The highest BCUT2D eigenvalue weighted by Gasteiger charge is 2.13. The average molecular weight is 218 g/mol. The summed E-state index contributed by atoms with van der Waals surface area (Å²) < 4.78 is 5.15. The molecule has 0 saturated heterocycles. The number of carboxylic acid groups (broad SMARTS) is 1. The van der Waals surface area contributed by atoms with Crippen LogP contribution in [0.25, 0.3) is 6.08 Å². The molecule has 1 N–H and O–H groups in total. The van der Waals surface area contributed by atoms with Crippen LogP contribution in [0.1, 0.15) is 24.0 Å². The molecule has 0 saturated carbocycles. The molecular weight excluding hydrogens is 204 g/mol. The lowest BCUT2D eigenvalue weighted by Crippen LogP contribution is -2.04. The minimum absolute atomic E-state index is 0.136. The Morgan fingerprint density at radius 1 is 1.44 bits per heavy atom. The molecule has 0 atom stereocenters. The van der Waals surface area contributed by atoms with Crippen LogP contribution in [-0.2, 0) is 11.2 Å². The average Bonchev–Trinajstić information content (AvgIpc) is 2.27. The Hall–Kier alpha value is -1.77. The molecule has 0 radical (unpaired) electrons. The molecule has 84 valence electrons. The normalized spacial score (nSPS) is 13.9. The molecule has 1 aromatic carbocycles. The van der Waals surface area contributed by atoms with E-state index in [9.17, 15) is 4.79 Å². The third kappa shape index (κ3) is 2.24. The van der Waals surface area contributed by atoms with Crippen LogP contribution < -0.4 is 4.74 Å². The van der Waals surface area contributed by atoms with Crippen molar-refractivity contribution < 1.29 is 14.6 Å². The highest BCUT2D eigenvalue weighted by atomic mass is 16.5. The summed E-state index contributed by atoms with van der Waals surface area (Å²) in [6.07, 6.45) is 3.86. The van der Waals surface area contributed by atoms with Crippen molar-refractivity contribution in [3.63, 3.8) is 0 Å². The molecule has 1 aromatic rings. The van der Waals surface area contributed by atoms with Gasteiger partial charge in [0.2, 0.25) is 0 Å². The third-order valence-electron chi connectivity index (χ3n) is 2.81. The Balaban J connectivity index is 2.30. The molecule has 1 aliphatic rings. The number of ether oxygens (including phenoxy) is 1. The van der Waals surface area contributed by atoms with Crippen LogP contribution in [0.3, 0.4) is 0 Å². The van der Waals surface area contributed by atoms with Crippen molar-refractivity contribution in [1.29, 1.82) is 0 Å². The van der Waals surface area contributed by atoms with Crippen molar-refractivity contribution in [3.8, 4) is 5.75 Å². The van der Waals surface area contributed by atoms with E-state index >= 15 is 0 Å². The van der Waals surface area contributed by atoms with Crippen molar-refractivity contribution in [2.75, 3.05) is 7.11 Å². The van der Waals surface area contributed by atoms with Crippen molar-refractivity contribution >= 4 is 12.0 Å². The van der Waals surface area contributed by atoms with Crippen LogP contribution in [-0.4, -0.2) is 18.2 Å². The molecule has 0 bridgehead atoms. The fourth-order valence-corrected chi connectivity index (χ4v) is 1.98. The molecular formula is C13H14O3. The van der Waals surface area contributed by atoms with Crippen LogP contribution in [0.5, 0.6) is 5.75 Å². The number of carboxylic acids is 1. The van der Waals surface area contributed by atoms with Gasteiger partial charge in [-0.15, -0.1) is 0 Å². The maximum absolute atomic E-state index is 10.6. The van der Waals surface area contributed by atoms with Gasteiger partial charge >= 0.3 is 5.97 Å². The molecule has 0 amide bonds. The number of rotatable bonds is 3. The third-order valence-corrected chi connectivity index (χ3v) is 2.81. The zero-order valence-corrected chi connectivity index (χ0v) is 9.19. The summed E-state index contributed by atoms with van der Waals surface area (Å²) in [5.41, 5.74) is 3.32. The Kier molecular flexibility index (Phi) is 2.95. The van der Waals surface area contributed by atoms with Gasteiger partial charge in [-0.05, 0) is 36.1 Å². The molecule has 1 aliphatic carbocycles. The molecule has 0 unspecified atom stereocenters. The van der Waals surface area contributed by atoms with Crippen LogP contribution >= 0.6 is 0 Å².